The molecule has 0 fully saturated rings. The van der Waals surface area contributed by atoms with Gasteiger partial charge in [0, 0.05) is 12.4 Å². The van der Waals surface area contributed by atoms with Gasteiger partial charge in [-0.3, -0.25) is 4.98 Å². The summed E-state index contributed by atoms with van der Waals surface area (Å²) in [6.07, 6.45) is 3.28. The zero-order chi connectivity index (χ0) is 9.80. The maximum absolute atomic E-state index is 5.38. The van der Waals surface area contributed by atoms with Crippen molar-refractivity contribution in [3.05, 3.63) is 24.5 Å². The van der Waals surface area contributed by atoms with Gasteiger partial charge < -0.3 is 5.73 Å². The molecule has 0 atom stereocenters. The first kappa shape index (κ1) is 8.70. The zero-order valence-corrected chi connectivity index (χ0v) is 7.85. The van der Waals surface area contributed by atoms with E-state index >= 15 is 0 Å². The van der Waals surface area contributed by atoms with Crippen LogP contribution in [0, 0.1) is 0 Å². The van der Waals surface area contributed by atoms with Crippen LogP contribution in [0.4, 0.5) is 16.0 Å². The molecule has 0 unspecified atom stereocenters. The Morgan fingerprint density at radius 1 is 1.14 bits per heavy atom. The third-order valence-electron chi connectivity index (χ3n) is 1.34. The molecule has 0 aliphatic carbocycles. The number of hydrogen-bond acceptors (Lipinski definition) is 7. The van der Waals surface area contributed by atoms with Crippen LogP contribution in [0.15, 0.2) is 34.8 Å². The molecule has 0 aliphatic heterocycles. The van der Waals surface area contributed by atoms with Crippen LogP contribution in [0.2, 0.25) is 0 Å². The molecule has 0 aromatic carbocycles. The Morgan fingerprint density at radius 2 is 1.93 bits per heavy atom. The van der Waals surface area contributed by atoms with Crippen LogP contribution in [0.1, 0.15) is 0 Å². The third kappa shape index (κ3) is 2.07. The summed E-state index contributed by atoms with van der Waals surface area (Å²) in [4.78, 5) is 3.86. The Bertz CT molecular complexity index is 436. The minimum atomic E-state index is 0.383. The maximum Gasteiger partial charge on any atom is 0.253 e. The van der Waals surface area contributed by atoms with Crippen LogP contribution < -0.4 is 5.73 Å². The molecule has 70 valence electrons. The first-order chi connectivity index (χ1) is 6.84. The molecule has 6 nitrogen and oxygen atoms in total. The van der Waals surface area contributed by atoms with Crippen molar-refractivity contribution in [1.82, 2.24) is 15.2 Å². The fourth-order valence-corrected chi connectivity index (χ4v) is 1.21. The fourth-order valence-electron chi connectivity index (χ4n) is 0.778. The normalized spacial score (nSPS) is 10.9. The number of aromatic nitrogens is 3. The highest BCUT2D eigenvalue weighted by atomic mass is 32.1. The molecule has 0 spiro atoms. The van der Waals surface area contributed by atoms with E-state index in [1.165, 1.54) is 11.3 Å². The largest absolute Gasteiger partial charge is 0.374 e. The minimum Gasteiger partial charge on any atom is -0.374 e. The Hall–Kier alpha value is -1.89. The molecule has 0 bridgehead atoms. The lowest BCUT2D eigenvalue weighted by Gasteiger charge is -1.86. The predicted molar refractivity (Wildman–Crippen MR) is 52.7 cm³/mol. The van der Waals surface area contributed by atoms with Gasteiger partial charge in [0.2, 0.25) is 5.13 Å². The van der Waals surface area contributed by atoms with Crippen LogP contribution in [-0.2, 0) is 0 Å². The second-order valence-electron chi connectivity index (χ2n) is 2.33. The summed E-state index contributed by atoms with van der Waals surface area (Å²) in [5.41, 5.74) is 6.10. The number of anilines is 1. The summed E-state index contributed by atoms with van der Waals surface area (Å²) in [6, 6.07) is 3.49. The molecule has 2 heterocycles. The third-order valence-corrected chi connectivity index (χ3v) is 1.98. The van der Waals surface area contributed by atoms with Crippen molar-refractivity contribution >= 4 is 27.3 Å². The molecular weight excluding hydrogens is 200 g/mol. The van der Waals surface area contributed by atoms with Gasteiger partial charge in [-0.25, -0.2) is 0 Å². The average molecular weight is 206 g/mol. The van der Waals surface area contributed by atoms with E-state index < -0.39 is 0 Å². The molecule has 7 heteroatoms. The molecule has 0 saturated carbocycles. The standard InChI is InChI=1S/C7H6N6S/c8-6-11-13-7(14-6)12-10-5-1-3-9-4-2-5/h1-4H,(H2,8,11). The molecule has 0 aliphatic rings. The van der Waals surface area contributed by atoms with Gasteiger partial charge >= 0.3 is 0 Å². The summed E-state index contributed by atoms with van der Waals surface area (Å²) in [5.74, 6) is 0. The van der Waals surface area contributed by atoms with Crippen molar-refractivity contribution in [3.63, 3.8) is 0 Å². The van der Waals surface area contributed by atoms with Crippen molar-refractivity contribution in [3.8, 4) is 0 Å². The second kappa shape index (κ2) is 3.88. The molecule has 2 N–H and O–H groups in total. The molecule has 14 heavy (non-hydrogen) atoms. The van der Waals surface area contributed by atoms with Gasteiger partial charge in [-0.15, -0.1) is 20.4 Å². The fraction of sp³-hybridized carbons (Fsp3) is 0. The van der Waals surface area contributed by atoms with Gasteiger partial charge in [0.05, 0.1) is 5.69 Å². The van der Waals surface area contributed by atoms with E-state index in [9.17, 15) is 0 Å². The highest BCUT2D eigenvalue weighted by Gasteiger charge is 1.97. The molecule has 0 amide bonds. The molecule has 2 aromatic heterocycles. The van der Waals surface area contributed by atoms with E-state index in [0.717, 1.165) is 0 Å². The number of nitrogen functional groups attached to an aromatic ring is 1. The second-order valence-corrected chi connectivity index (χ2v) is 3.32. The van der Waals surface area contributed by atoms with E-state index in [-0.39, 0.29) is 0 Å². The van der Waals surface area contributed by atoms with Crippen molar-refractivity contribution in [2.24, 2.45) is 10.2 Å². The lowest BCUT2D eigenvalue weighted by atomic mass is 10.4. The van der Waals surface area contributed by atoms with Crippen molar-refractivity contribution in [1.29, 1.82) is 0 Å². The van der Waals surface area contributed by atoms with Gasteiger partial charge in [0.25, 0.3) is 5.13 Å². The number of nitrogens with zero attached hydrogens (tertiary/aromatic N) is 5. The first-order valence-corrected chi connectivity index (χ1v) is 4.57. The van der Waals surface area contributed by atoms with E-state index in [1.807, 2.05) is 0 Å². The quantitative estimate of drug-likeness (QED) is 0.760. The van der Waals surface area contributed by atoms with E-state index in [2.05, 4.69) is 25.4 Å². The molecule has 2 rings (SSSR count). The Labute approximate surface area is 83.5 Å². The van der Waals surface area contributed by atoms with Crippen LogP contribution in [0.3, 0.4) is 0 Å². The summed E-state index contributed by atoms with van der Waals surface area (Å²) in [5, 5.41) is 15.9. The van der Waals surface area contributed by atoms with E-state index in [4.69, 9.17) is 5.73 Å². The minimum absolute atomic E-state index is 0.383. The van der Waals surface area contributed by atoms with Crippen LogP contribution >= 0.6 is 11.3 Å². The zero-order valence-electron chi connectivity index (χ0n) is 7.03. The van der Waals surface area contributed by atoms with Crippen molar-refractivity contribution < 1.29 is 0 Å². The van der Waals surface area contributed by atoms with Crippen LogP contribution in [0.5, 0.6) is 0 Å². The number of rotatable bonds is 2. The van der Waals surface area contributed by atoms with Gasteiger partial charge in [0.15, 0.2) is 0 Å². The summed E-state index contributed by atoms with van der Waals surface area (Å²) >= 11 is 1.19. The summed E-state index contributed by atoms with van der Waals surface area (Å²) in [7, 11) is 0. The van der Waals surface area contributed by atoms with Crippen LogP contribution in [0.25, 0.3) is 0 Å². The number of nitrogens with two attached hydrogens (primary N) is 1. The van der Waals surface area contributed by atoms with Crippen molar-refractivity contribution in [2.75, 3.05) is 5.73 Å². The molecule has 0 radical (unpaired) electrons. The lowest BCUT2D eigenvalue weighted by molar-refractivity contribution is 1.06. The monoisotopic (exact) mass is 206 g/mol. The lowest BCUT2D eigenvalue weighted by Crippen LogP contribution is -1.79. The highest BCUT2D eigenvalue weighted by Crippen LogP contribution is 2.22. The number of azo groups is 1. The maximum atomic E-state index is 5.38. The molecular formula is C7H6N6S. The van der Waals surface area contributed by atoms with Gasteiger partial charge in [-0.2, -0.15) is 0 Å². The van der Waals surface area contributed by atoms with E-state index in [1.54, 1.807) is 24.5 Å². The van der Waals surface area contributed by atoms with E-state index in [0.29, 0.717) is 16.0 Å². The Morgan fingerprint density at radius 3 is 2.57 bits per heavy atom. The summed E-state index contributed by atoms with van der Waals surface area (Å²) in [6.45, 7) is 0. The average Bonchev–Trinajstić information content (AvgIpc) is 2.63. The van der Waals surface area contributed by atoms with Crippen molar-refractivity contribution in [2.45, 2.75) is 0 Å². The summed E-state index contributed by atoms with van der Waals surface area (Å²) < 4.78 is 0. The SMILES string of the molecule is Nc1nnc(N=Nc2ccncc2)s1. The molecule has 0 saturated heterocycles. The van der Waals surface area contributed by atoms with Gasteiger partial charge in [-0.1, -0.05) is 11.3 Å². The predicted octanol–water partition coefficient (Wildman–Crippen LogP) is 1.93. The smallest absolute Gasteiger partial charge is 0.253 e. The van der Waals surface area contributed by atoms with Gasteiger partial charge in [0.1, 0.15) is 0 Å². The van der Waals surface area contributed by atoms with Crippen LogP contribution in [-0.4, -0.2) is 15.2 Å². The Balaban J connectivity index is 2.15. The number of pyridine rings is 1. The topological polar surface area (TPSA) is 89.4 Å². The highest BCUT2D eigenvalue weighted by molar-refractivity contribution is 7.18. The number of hydrogen-bond donors (Lipinski definition) is 1. The molecule has 2 aromatic rings. The first-order valence-electron chi connectivity index (χ1n) is 3.75. The Kier molecular flexibility index (Phi) is 2.41. The van der Waals surface area contributed by atoms with Gasteiger partial charge in [-0.05, 0) is 12.1 Å².